The van der Waals surface area contributed by atoms with Gasteiger partial charge in [-0.05, 0) is 28.9 Å². The van der Waals surface area contributed by atoms with Crippen molar-refractivity contribution in [2.24, 2.45) is 0 Å². The third-order valence-electron chi connectivity index (χ3n) is 2.21. The molecule has 0 saturated heterocycles. The van der Waals surface area contributed by atoms with Crippen LogP contribution in [0.4, 0.5) is 0 Å². The molecule has 8 heteroatoms. The summed E-state index contributed by atoms with van der Waals surface area (Å²) in [7, 11) is -1.78. The molecule has 0 bridgehead atoms. The van der Waals surface area contributed by atoms with Crippen LogP contribution in [-0.4, -0.2) is 41.8 Å². The summed E-state index contributed by atoms with van der Waals surface area (Å²) >= 11 is 4.70. The zero-order valence-corrected chi connectivity index (χ0v) is 13.5. The van der Waals surface area contributed by atoms with E-state index in [1.165, 1.54) is 11.3 Å². The van der Waals surface area contributed by atoms with Crippen molar-refractivity contribution in [2.75, 3.05) is 33.4 Å². The van der Waals surface area contributed by atoms with Gasteiger partial charge in [-0.25, -0.2) is 13.1 Å². The molecule has 0 aromatic carbocycles. The fourth-order valence-corrected chi connectivity index (χ4v) is 4.79. The maximum Gasteiger partial charge on any atom is 0.241 e. The second-order valence-corrected chi connectivity index (χ2v) is 7.98. The lowest BCUT2D eigenvalue weighted by Crippen LogP contribution is -2.33. The van der Waals surface area contributed by atoms with Gasteiger partial charge in [0.2, 0.25) is 10.0 Å². The number of rotatable bonds is 8. The zero-order chi connectivity index (χ0) is 13.6. The third-order valence-corrected chi connectivity index (χ3v) is 5.48. The van der Waals surface area contributed by atoms with Crippen LogP contribution < -0.4 is 10.0 Å². The first-order valence-corrected chi connectivity index (χ1v) is 8.52. The molecule has 104 valence electrons. The Labute approximate surface area is 120 Å². The number of sulfonamides is 1. The van der Waals surface area contributed by atoms with Crippen molar-refractivity contribution in [3.8, 4) is 0 Å². The monoisotopic (exact) mass is 356 g/mol. The minimum Gasteiger partial charge on any atom is -0.383 e. The topological polar surface area (TPSA) is 67.4 Å². The van der Waals surface area contributed by atoms with Crippen molar-refractivity contribution in [1.82, 2.24) is 10.0 Å². The number of nitrogens with one attached hydrogen (secondary N) is 2. The molecule has 0 fully saturated rings. The molecule has 2 N–H and O–H groups in total. The van der Waals surface area contributed by atoms with Gasteiger partial charge in [-0.15, -0.1) is 11.3 Å². The summed E-state index contributed by atoms with van der Waals surface area (Å²) in [4.78, 5) is 1.12. The van der Waals surface area contributed by atoms with E-state index in [1.54, 1.807) is 20.1 Å². The van der Waals surface area contributed by atoms with Gasteiger partial charge in [0.15, 0.2) is 0 Å². The summed E-state index contributed by atoms with van der Waals surface area (Å²) < 4.78 is 32.2. The number of thiophene rings is 1. The van der Waals surface area contributed by atoms with Crippen LogP contribution in [0.15, 0.2) is 14.7 Å². The van der Waals surface area contributed by atoms with E-state index in [0.717, 1.165) is 8.66 Å². The van der Waals surface area contributed by atoms with Crippen molar-refractivity contribution in [3.05, 3.63) is 14.7 Å². The number of ether oxygens (including phenoxy) is 1. The fourth-order valence-electron chi connectivity index (χ4n) is 1.35. The van der Waals surface area contributed by atoms with Gasteiger partial charge in [0.25, 0.3) is 0 Å². The first-order chi connectivity index (χ1) is 8.47. The van der Waals surface area contributed by atoms with Gasteiger partial charge in [-0.1, -0.05) is 0 Å². The van der Waals surface area contributed by atoms with Gasteiger partial charge in [0.1, 0.15) is 0 Å². The molecular weight excluding hydrogens is 340 g/mol. The van der Waals surface area contributed by atoms with Crippen molar-refractivity contribution < 1.29 is 13.2 Å². The van der Waals surface area contributed by atoms with Crippen molar-refractivity contribution in [1.29, 1.82) is 0 Å². The van der Waals surface area contributed by atoms with E-state index >= 15 is 0 Å². The first-order valence-electron chi connectivity index (χ1n) is 5.42. The van der Waals surface area contributed by atoms with Crippen LogP contribution in [0, 0.1) is 6.92 Å². The predicted molar refractivity (Wildman–Crippen MR) is 76.7 cm³/mol. The van der Waals surface area contributed by atoms with Crippen LogP contribution in [0.3, 0.4) is 0 Å². The number of hydrogen-bond acceptors (Lipinski definition) is 5. The first kappa shape index (κ1) is 16.1. The Kier molecular flexibility index (Phi) is 6.75. The molecule has 1 aromatic heterocycles. The molecular formula is C10H17BrN2O3S2. The molecule has 0 aliphatic rings. The van der Waals surface area contributed by atoms with E-state index < -0.39 is 10.0 Å². The molecule has 0 unspecified atom stereocenters. The highest BCUT2D eigenvalue weighted by Crippen LogP contribution is 2.29. The fraction of sp³-hybridized carbons (Fsp3) is 0.600. The Morgan fingerprint density at radius 1 is 1.39 bits per heavy atom. The van der Waals surface area contributed by atoms with E-state index in [0.29, 0.717) is 31.1 Å². The Morgan fingerprint density at radius 2 is 2.11 bits per heavy atom. The molecule has 0 saturated carbocycles. The number of aryl methyl sites for hydroxylation is 1. The normalized spacial score (nSPS) is 11.9. The van der Waals surface area contributed by atoms with Gasteiger partial charge in [0, 0.05) is 31.6 Å². The summed E-state index contributed by atoms with van der Waals surface area (Å²) in [6.07, 6.45) is 0. The van der Waals surface area contributed by atoms with Gasteiger partial charge < -0.3 is 10.1 Å². The van der Waals surface area contributed by atoms with E-state index in [9.17, 15) is 8.42 Å². The molecule has 0 atom stereocenters. The summed E-state index contributed by atoms with van der Waals surface area (Å²) in [6.45, 7) is 4.05. The second kappa shape index (κ2) is 7.56. The summed E-state index contributed by atoms with van der Waals surface area (Å²) in [5, 5.41) is 3.07. The van der Waals surface area contributed by atoms with Crippen molar-refractivity contribution >= 4 is 37.3 Å². The smallest absolute Gasteiger partial charge is 0.241 e. The van der Waals surface area contributed by atoms with Crippen LogP contribution in [0.2, 0.25) is 0 Å². The van der Waals surface area contributed by atoms with Crippen LogP contribution in [0.1, 0.15) is 4.88 Å². The Morgan fingerprint density at radius 3 is 2.67 bits per heavy atom. The predicted octanol–water partition coefficient (Wildman–Crippen LogP) is 1.33. The number of methoxy groups -OCH3 is 1. The zero-order valence-electron chi connectivity index (χ0n) is 10.3. The quantitative estimate of drug-likeness (QED) is 0.689. The van der Waals surface area contributed by atoms with Crippen LogP contribution in [0.5, 0.6) is 0 Å². The van der Waals surface area contributed by atoms with Gasteiger partial charge in [0.05, 0.1) is 15.3 Å². The van der Waals surface area contributed by atoms with E-state index in [4.69, 9.17) is 4.74 Å². The summed E-state index contributed by atoms with van der Waals surface area (Å²) in [6, 6.07) is 1.63. The lowest BCUT2D eigenvalue weighted by molar-refractivity contribution is 0.199. The van der Waals surface area contributed by atoms with E-state index in [2.05, 4.69) is 26.0 Å². The molecule has 18 heavy (non-hydrogen) atoms. The van der Waals surface area contributed by atoms with Crippen LogP contribution in [-0.2, 0) is 14.8 Å². The molecule has 5 nitrogen and oxygen atoms in total. The van der Waals surface area contributed by atoms with E-state index in [-0.39, 0.29) is 0 Å². The second-order valence-electron chi connectivity index (χ2n) is 3.61. The lowest BCUT2D eigenvalue weighted by atomic mass is 10.5. The Hall–Kier alpha value is 0.01000. The Bertz CT molecular complexity index is 473. The molecule has 0 spiro atoms. The molecule has 1 rings (SSSR count). The molecule has 0 aliphatic carbocycles. The average Bonchev–Trinajstić information content (AvgIpc) is 2.63. The molecule has 0 aliphatic heterocycles. The largest absolute Gasteiger partial charge is 0.383 e. The summed E-state index contributed by atoms with van der Waals surface area (Å²) in [5.74, 6) is 0. The van der Waals surface area contributed by atoms with E-state index in [1.807, 2.05) is 0 Å². The average molecular weight is 357 g/mol. The minimum atomic E-state index is -3.40. The van der Waals surface area contributed by atoms with Crippen LogP contribution in [0.25, 0.3) is 0 Å². The van der Waals surface area contributed by atoms with Crippen LogP contribution >= 0.6 is 27.3 Å². The highest BCUT2D eigenvalue weighted by atomic mass is 79.9. The number of halogens is 1. The number of hydrogen-bond donors (Lipinski definition) is 2. The SMILES string of the molecule is COCCNCCNS(=O)(=O)c1cc(Br)sc1C. The molecule has 1 aromatic rings. The maximum atomic E-state index is 12.0. The molecule has 1 heterocycles. The Balaban J connectivity index is 2.43. The van der Waals surface area contributed by atoms with Crippen molar-refractivity contribution in [2.45, 2.75) is 11.8 Å². The minimum absolute atomic E-state index is 0.344. The lowest BCUT2D eigenvalue weighted by Gasteiger charge is -2.07. The van der Waals surface area contributed by atoms with Crippen molar-refractivity contribution in [3.63, 3.8) is 0 Å². The highest BCUT2D eigenvalue weighted by Gasteiger charge is 2.18. The highest BCUT2D eigenvalue weighted by molar-refractivity contribution is 9.11. The maximum absolute atomic E-state index is 12.0. The standard InChI is InChI=1S/C10H17BrN2O3S2/c1-8-9(7-10(11)17-8)18(14,15)13-4-3-12-5-6-16-2/h7,12-13H,3-6H2,1-2H3. The van der Waals surface area contributed by atoms with Gasteiger partial charge in [-0.3, -0.25) is 0 Å². The molecule has 0 radical (unpaired) electrons. The molecule has 0 amide bonds. The van der Waals surface area contributed by atoms with Gasteiger partial charge >= 0.3 is 0 Å². The summed E-state index contributed by atoms with van der Waals surface area (Å²) in [5.41, 5.74) is 0. The third kappa shape index (κ3) is 4.94. The van der Waals surface area contributed by atoms with Gasteiger partial charge in [-0.2, -0.15) is 0 Å².